The van der Waals surface area contributed by atoms with E-state index in [0.29, 0.717) is 0 Å². The van der Waals surface area contributed by atoms with Crippen LogP contribution < -0.4 is 0 Å². The Hall–Kier alpha value is -0.883. The van der Waals surface area contributed by atoms with Crippen molar-refractivity contribution in [1.29, 1.82) is 0 Å². The summed E-state index contributed by atoms with van der Waals surface area (Å²) in [5.41, 5.74) is -0.426. The van der Waals surface area contributed by atoms with E-state index in [-0.39, 0.29) is 6.42 Å². The number of hydrogen-bond donors (Lipinski definition) is 2. The molecule has 2 N–H and O–H groups in total. The van der Waals surface area contributed by atoms with Crippen LogP contribution in [0.15, 0.2) is 0 Å². The van der Waals surface area contributed by atoms with Gasteiger partial charge in [-0.15, -0.1) is 0 Å². The molecule has 5 nitrogen and oxygen atoms in total. The first kappa shape index (κ1) is 16.1. The standard InChI is InChI=1S/C11H22O5Si/c1-11(2,3)7(6-8(12)13)9(10(14)15)16-17(4)5/h7,9,17H,6H2,1-5H3,(H,12,13)(H,14,15)/t7?,9-/m0/s1. The second-order valence-corrected chi connectivity index (χ2v) is 7.88. The number of carboxylic acid groups (broad SMARTS) is 2. The molecule has 0 saturated carbocycles. The van der Waals surface area contributed by atoms with Crippen LogP contribution >= 0.6 is 0 Å². The van der Waals surface area contributed by atoms with Crippen LogP contribution in [0.5, 0.6) is 0 Å². The van der Waals surface area contributed by atoms with Crippen molar-refractivity contribution in [3.63, 3.8) is 0 Å². The van der Waals surface area contributed by atoms with Gasteiger partial charge in [-0.1, -0.05) is 20.8 Å². The van der Waals surface area contributed by atoms with Gasteiger partial charge in [0.15, 0.2) is 9.04 Å². The maximum Gasteiger partial charge on any atom is 0.331 e. The average molecular weight is 262 g/mol. The lowest BCUT2D eigenvalue weighted by molar-refractivity contribution is -0.153. The van der Waals surface area contributed by atoms with Crippen molar-refractivity contribution in [2.75, 3.05) is 0 Å². The molecule has 0 spiro atoms. The Bertz CT molecular complexity index is 282. The van der Waals surface area contributed by atoms with Crippen LogP contribution in [0.2, 0.25) is 13.1 Å². The van der Waals surface area contributed by atoms with Gasteiger partial charge in [-0.25, -0.2) is 4.79 Å². The van der Waals surface area contributed by atoms with Crippen molar-refractivity contribution in [3.05, 3.63) is 0 Å². The van der Waals surface area contributed by atoms with E-state index in [0.717, 1.165) is 0 Å². The van der Waals surface area contributed by atoms with Crippen LogP contribution in [0.25, 0.3) is 0 Å². The van der Waals surface area contributed by atoms with Gasteiger partial charge in [0.1, 0.15) is 6.10 Å². The molecular formula is C11H22O5Si. The fourth-order valence-electron chi connectivity index (χ4n) is 1.67. The monoisotopic (exact) mass is 262 g/mol. The number of hydrogen-bond acceptors (Lipinski definition) is 3. The Kier molecular flexibility index (Phi) is 5.84. The lowest BCUT2D eigenvalue weighted by Gasteiger charge is -2.34. The van der Waals surface area contributed by atoms with Gasteiger partial charge in [0.05, 0.1) is 6.42 Å². The molecule has 0 saturated heterocycles. The highest BCUT2D eigenvalue weighted by atomic mass is 28.3. The van der Waals surface area contributed by atoms with Crippen LogP contribution in [0.4, 0.5) is 0 Å². The molecule has 0 bridgehead atoms. The molecule has 0 rings (SSSR count). The lowest BCUT2D eigenvalue weighted by atomic mass is 9.75. The summed E-state index contributed by atoms with van der Waals surface area (Å²) < 4.78 is 5.48. The topological polar surface area (TPSA) is 83.8 Å². The zero-order chi connectivity index (χ0) is 13.8. The largest absolute Gasteiger partial charge is 0.481 e. The SMILES string of the molecule is C[SiH](C)O[C@H](C(=O)O)C(CC(=O)O)C(C)(C)C. The fourth-order valence-corrected chi connectivity index (χ4v) is 2.57. The predicted molar refractivity (Wildman–Crippen MR) is 66.6 cm³/mol. The molecule has 0 aromatic rings. The van der Waals surface area contributed by atoms with Crippen molar-refractivity contribution < 1.29 is 24.2 Å². The van der Waals surface area contributed by atoms with Crippen LogP contribution in [-0.2, 0) is 14.0 Å². The van der Waals surface area contributed by atoms with Gasteiger partial charge in [-0.3, -0.25) is 4.79 Å². The number of carboxylic acids is 2. The van der Waals surface area contributed by atoms with Gasteiger partial charge in [-0.05, 0) is 18.5 Å². The summed E-state index contributed by atoms with van der Waals surface area (Å²) in [5, 5.41) is 18.0. The Morgan fingerprint density at radius 3 is 1.94 bits per heavy atom. The zero-order valence-electron chi connectivity index (χ0n) is 11.1. The molecule has 0 aliphatic carbocycles. The normalized spacial score (nSPS) is 15.6. The van der Waals surface area contributed by atoms with Gasteiger partial charge in [-0.2, -0.15) is 0 Å². The van der Waals surface area contributed by atoms with E-state index in [1.54, 1.807) is 0 Å². The van der Waals surface area contributed by atoms with Crippen LogP contribution in [0.1, 0.15) is 27.2 Å². The molecule has 1 unspecified atom stereocenters. The van der Waals surface area contributed by atoms with E-state index in [4.69, 9.17) is 9.53 Å². The molecule has 0 aliphatic heterocycles. The summed E-state index contributed by atoms with van der Waals surface area (Å²) in [7, 11) is -1.53. The zero-order valence-corrected chi connectivity index (χ0v) is 12.2. The summed E-state index contributed by atoms with van der Waals surface area (Å²) in [6.45, 7) is 9.25. The quantitative estimate of drug-likeness (QED) is 0.710. The maximum atomic E-state index is 11.2. The van der Waals surface area contributed by atoms with Crippen molar-refractivity contribution in [3.8, 4) is 0 Å². The first-order valence-corrected chi connectivity index (χ1v) is 8.43. The third-order valence-electron chi connectivity index (χ3n) is 2.53. The van der Waals surface area contributed by atoms with Gasteiger partial charge in [0.2, 0.25) is 0 Å². The number of aliphatic carboxylic acids is 2. The van der Waals surface area contributed by atoms with E-state index < -0.39 is 38.4 Å². The average Bonchev–Trinajstić information content (AvgIpc) is 2.07. The molecule has 0 radical (unpaired) electrons. The fraction of sp³-hybridized carbons (Fsp3) is 0.818. The summed E-state index contributed by atoms with van der Waals surface area (Å²) in [4.78, 5) is 22.0. The second-order valence-electron chi connectivity index (χ2n) is 5.51. The number of carbonyl (C=O) groups is 2. The molecule has 2 atom stereocenters. The first-order chi connectivity index (χ1) is 7.55. The first-order valence-electron chi connectivity index (χ1n) is 5.65. The van der Waals surface area contributed by atoms with Gasteiger partial charge in [0, 0.05) is 5.92 Å². The molecule has 0 aromatic heterocycles. The lowest BCUT2D eigenvalue weighted by Crippen LogP contribution is -2.43. The summed E-state index contributed by atoms with van der Waals surface area (Å²) in [5.74, 6) is -2.61. The molecule has 0 aromatic carbocycles. The third kappa shape index (κ3) is 5.83. The second kappa shape index (κ2) is 6.16. The van der Waals surface area contributed by atoms with E-state index in [1.165, 1.54) is 0 Å². The van der Waals surface area contributed by atoms with Gasteiger partial charge >= 0.3 is 11.9 Å². The molecule has 100 valence electrons. The molecule has 0 heterocycles. The highest BCUT2D eigenvalue weighted by Gasteiger charge is 2.39. The maximum absolute atomic E-state index is 11.2. The molecular weight excluding hydrogens is 240 g/mol. The Balaban J connectivity index is 5.07. The van der Waals surface area contributed by atoms with E-state index in [2.05, 4.69) is 0 Å². The predicted octanol–water partition coefficient (Wildman–Crippen LogP) is 1.58. The molecule has 17 heavy (non-hydrogen) atoms. The minimum atomic E-state index is -1.53. The minimum absolute atomic E-state index is 0.193. The molecule has 0 amide bonds. The van der Waals surface area contributed by atoms with Crippen molar-refractivity contribution in [2.45, 2.75) is 46.4 Å². The number of rotatable bonds is 6. The van der Waals surface area contributed by atoms with E-state index >= 15 is 0 Å². The molecule has 6 heteroatoms. The molecule has 0 aliphatic rings. The smallest absolute Gasteiger partial charge is 0.331 e. The third-order valence-corrected chi connectivity index (χ3v) is 3.37. The van der Waals surface area contributed by atoms with Crippen LogP contribution in [0.3, 0.4) is 0 Å². The van der Waals surface area contributed by atoms with Crippen molar-refractivity contribution in [1.82, 2.24) is 0 Å². The van der Waals surface area contributed by atoms with E-state index in [1.807, 2.05) is 33.9 Å². The Morgan fingerprint density at radius 2 is 1.71 bits per heavy atom. The molecule has 0 fully saturated rings. The summed E-state index contributed by atoms with van der Waals surface area (Å²) in [6, 6.07) is 0. The highest BCUT2D eigenvalue weighted by molar-refractivity contribution is 6.48. The van der Waals surface area contributed by atoms with Crippen molar-refractivity contribution >= 4 is 21.0 Å². The highest BCUT2D eigenvalue weighted by Crippen LogP contribution is 2.33. The van der Waals surface area contributed by atoms with Crippen molar-refractivity contribution in [2.24, 2.45) is 11.3 Å². The van der Waals surface area contributed by atoms with E-state index in [9.17, 15) is 14.7 Å². The minimum Gasteiger partial charge on any atom is -0.481 e. The van der Waals surface area contributed by atoms with Gasteiger partial charge < -0.3 is 14.6 Å². The van der Waals surface area contributed by atoms with Crippen LogP contribution in [-0.4, -0.2) is 37.3 Å². The van der Waals surface area contributed by atoms with Gasteiger partial charge in [0.25, 0.3) is 0 Å². The Labute approximate surface area is 104 Å². The van der Waals surface area contributed by atoms with Crippen LogP contribution in [0, 0.1) is 11.3 Å². The summed E-state index contributed by atoms with van der Waals surface area (Å²) >= 11 is 0. The summed E-state index contributed by atoms with van der Waals surface area (Å²) in [6.07, 6.45) is -1.22. The Morgan fingerprint density at radius 1 is 1.24 bits per heavy atom.